The van der Waals surface area contributed by atoms with Crippen LogP contribution in [0.2, 0.25) is 0 Å². The van der Waals surface area contributed by atoms with Crippen molar-refractivity contribution < 1.29 is 18.0 Å². The van der Waals surface area contributed by atoms with Gasteiger partial charge in [-0.2, -0.15) is 0 Å². The summed E-state index contributed by atoms with van der Waals surface area (Å²) in [6.45, 7) is 0.313. The van der Waals surface area contributed by atoms with Gasteiger partial charge in [0.2, 0.25) is 5.91 Å². The maximum absolute atomic E-state index is 13.4. The molecule has 0 saturated carbocycles. The summed E-state index contributed by atoms with van der Waals surface area (Å²) in [6, 6.07) is 9.11. The Morgan fingerprint density at radius 1 is 1.09 bits per heavy atom. The fourth-order valence-electron chi connectivity index (χ4n) is 1.75. The number of nitrogens with one attached hydrogen (secondary N) is 2. The second-order valence-electron chi connectivity index (χ2n) is 4.46. The van der Waals surface area contributed by atoms with E-state index in [0.29, 0.717) is 6.54 Å². The van der Waals surface area contributed by atoms with Gasteiger partial charge in [0, 0.05) is 23.1 Å². The number of amides is 1. The lowest BCUT2D eigenvalue weighted by Crippen LogP contribution is -2.17. The molecule has 116 valence electrons. The summed E-state index contributed by atoms with van der Waals surface area (Å²) in [5.41, 5.74) is 0.438. The molecule has 0 spiro atoms. The van der Waals surface area contributed by atoms with E-state index in [1.54, 1.807) is 0 Å². The van der Waals surface area contributed by atoms with E-state index < -0.39 is 23.4 Å². The fourth-order valence-corrected chi connectivity index (χ4v) is 2.15. The number of rotatable bonds is 5. The Labute approximate surface area is 133 Å². The third-order valence-electron chi connectivity index (χ3n) is 2.82. The molecular weight excluding hydrogens is 361 g/mol. The summed E-state index contributed by atoms with van der Waals surface area (Å²) in [4.78, 5) is 11.7. The quantitative estimate of drug-likeness (QED) is 0.768. The van der Waals surface area contributed by atoms with Crippen molar-refractivity contribution in [2.45, 2.75) is 6.42 Å². The van der Waals surface area contributed by atoms with Crippen molar-refractivity contribution in [2.24, 2.45) is 0 Å². The van der Waals surface area contributed by atoms with Gasteiger partial charge in [-0.15, -0.1) is 0 Å². The second kappa shape index (κ2) is 7.31. The topological polar surface area (TPSA) is 41.1 Å². The first-order valence-electron chi connectivity index (χ1n) is 6.40. The van der Waals surface area contributed by atoms with Gasteiger partial charge in [-0.25, -0.2) is 13.2 Å². The number of carbonyl (C=O) groups excluding carboxylic acids is 1. The molecule has 3 nitrogen and oxygen atoms in total. The Bertz CT molecular complexity index is 694. The lowest BCUT2D eigenvalue weighted by atomic mass is 10.2. The number of hydrogen-bond donors (Lipinski definition) is 2. The van der Waals surface area contributed by atoms with Crippen LogP contribution in [-0.4, -0.2) is 12.5 Å². The van der Waals surface area contributed by atoms with E-state index in [4.69, 9.17) is 0 Å². The molecule has 2 aromatic carbocycles. The monoisotopic (exact) mass is 372 g/mol. The number of carbonyl (C=O) groups is 1. The average molecular weight is 373 g/mol. The summed E-state index contributed by atoms with van der Waals surface area (Å²) in [5, 5.41) is 5.22. The van der Waals surface area contributed by atoms with E-state index in [-0.39, 0.29) is 12.1 Å². The zero-order chi connectivity index (χ0) is 16.1. The Balaban J connectivity index is 1.87. The van der Waals surface area contributed by atoms with Crippen molar-refractivity contribution in [3.8, 4) is 0 Å². The minimum absolute atomic E-state index is 0.0466. The molecule has 2 aromatic rings. The highest BCUT2D eigenvalue weighted by molar-refractivity contribution is 9.10. The van der Waals surface area contributed by atoms with Gasteiger partial charge in [0.05, 0.1) is 5.69 Å². The standard InChI is InChI=1S/C15H12BrF3N2O/c16-9-2-1-3-10(8-9)20-7-6-13(22)21-12-5-4-11(17)14(18)15(12)19/h1-5,8,20H,6-7H2,(H,21,22). The van der Waals surface area contributed by atoms with Crippen LogP contribution in [0.15, 0.2) is 40.9 Å². The van der Waals surface area contributed by atoms with Crippen LogP contribution in [0, 0.1) is 17.5 Å². The van der Waals surface area contributed by atoms with Crippen molar-refractivity contribution >= 4 is 33.2 Å². The molecule has 22 heavy (non-hydrogen) atoms. The molecule has 0 radical (unpaired) electrons. The first-order chi connectivity index (χ1) is 10.5. The van der Waals surface area contributed by atoms with Crippen molar-refractivity contribution in [3.05, 3.63) is 58.3 Å². The van der Waals surface area contributed by atoms with Gasteiger partial charge in [0.1, 0.15) is 0 Å². The minimum atomic E-state index is -1.61. The molecule has 0 aliphatic heterocycles. The highest BCUT2D eigenvalue weighted by atomic mass is 79.9. The van der Waals surface area contributed by atoms with Crippen molar-refractivity contribution in [1.29, 1.82) is 0 Å². The highest BCUT2D eigenvalue weighted by Gasteiger charge is 2.14. The second-order valence-corrected chi connectivity index (χ2v) is 5.37. The Morgan fingerprint density at radius 3 is 2.59 bits per heavy atom. The van der Waals surface area contributed by atoms with E-state index in [1.165, 1.54) is 0 Å². The van der Waals surface area contributed by atoms with Crippen molar-refractivity contribution in [2.75, 3.05) is 17.2 Å². The van der Waals surface area contributed by atoms with Crippen molar-refractivity contribution in [3.63, 3.8) is 0 Å². The summed E-state index contributed by atoms with van der Waals surface area (Å²) >= 11 is 3.32. The molecule has 0 saturated heterocycles. The van der Waals surface area contributed by atoms with Crippen LogP contribution in [0.3, 0.4) is 0 Å². The fraction of sp³-hybridized carbons (Fsp3) is 0.133. The number of halogens is 4. The van der Waals surface area contributed by atoms with Gasteiger partial charge in [-0.05, 0) is 30.3 Å². The number of hydrogen-bond acceptors (Lipinski definition) is 2. The first kappa shape index (κ1) is 16.4. The van der Waals surface area contributed by atoms with Gasteiger partial charge in [0.25, 0.3) is 0 Å². The Kier molecular flexibility index (Phi) is 5.43. The predicted octanol–water partition coefficient (Wildman–Crippen LogP) is 4.31. The number of anilines is 2. The van der Waals surface area contributed by atoms with E-state index in [1.807, 2.05) is 24.3 Å². The van der Waals surface area contributed by atoms with Crippen LogP contribution in [0.4, 0.5) is 24.5 Å². The molecule has 7 heteroatoms. The average Bonchev–Trinajstić information content (AvgIpc) is 2.48. The third kappa shape index (κ3) is 4.24. The van der Waals surface area contributed by atoms with Gasteiger partial charge in [-0.3, -0.25) is 4.79 Å². The van der Waals surface area contributed by atoms with Gasteiger partial charge in [0.15, 0.2) is 17.5 Å². The van der Waals surface area contributed by atoms with Crippen LogP contribution in [-0.2, 0) is 4.79 Å². The molecule has 0 atom stereocenters. The van der Waals surface area contributed by atoms with E-state index >= 15 is 0 Å². The van der Waals surface area contributed by atoms with E-state index in [2.05, 4.69) is 26.6 Å². The molecule has 1 amide bonds. The minimum Gasteiger partial charge on any atom is -0.384 e. The van der Waals surface area contributed by atoms with E-state index in [9.17, 15) is 18.0 Å². The Morgan fingerprint density at radius 2 is 1.86 bits per heavy atom. The lowest BCUT2D eigenvalue weighted by Gasteiger charge is -2.09. The highest BCUT2D eigenvalue weighted by Crippen LogP contribution is 2.20. The van der Waals surface area contributed by atoms with Gasteiger partial charge in [-0.1, -0.05) is 22.0 Å². The first-order valence-corrected chi connectivity index (χ1v) is 7.19. The van der Waals surface area contributed by atoms with Crippen LogP contribution < -0.4 is 10.6 Å². The van der Waals surface area contributed by atoms with Gasteiger partial charge < -0.3 is 10.6 Å². The predicted molar refractivity (Wildman–Crippen MR) is 82.2 cm³/mol. The summed E-state index contributed by atoms with van der Waals surface area (Å²) < 4.78 is 40.1. The summed E-state index contributed by atoms with van der Waals surface area (Å²) in [7, 11) is 0. The maximum atomic E-state index is 13.4. The zero-order valence-corrected chi connectivity index (χ0v) is 12.9. The summed E-state index contributed by atoms with van der Waals surface area (Å²) in [6.07, 6.45) is 0.0466. The molecule has 0 aromatic heterocycles. The molecule has 0 bridgehead atoms. The van der Waals surface area contributed by atoms with E-state index in [0.717, 1.165) is 22.3 Å². The zero-order valence-electron chi connectivity index (χ0n) is 11.3. The maximum Gasteiger partial charge on any atom is 0.226 e. The van der Waals surface area contributed by atoms with Crippen LogP contribution >= 0.6 is 15.9 Å². The SMILES string of the molecule is O=C(CCNc1cccc(Br)c1)Nc1ccc(F)c(F)c1F. The number of benzene rings is 2. The van der Waals surface area contributed by atoms with Crippen molar-refractivity contribution in [1.82, 2.24) is 0 Å². The van der Waals surface area contributed by atoms with Crippen LogP contribution in [0.5, 0.6) is 0 Å². The third-order valence-corrected chi connectivity index (χ3v) is 3.31. The molecule has 0 heterocycles. The molecule has 0 unspecified atom stereocenters. The molecule has 0 aliphatic rings. The van der Waals surface area contributed by atoms with Crippen LogP contribution in [0.1, 0.15) is 6.42 Å². The molecule has 2 rings (SSSR count). The largest absolute Gasteiger partial charge is 0.384 e. The molecule has 2 N–H and O–H groups in total. The van der Waals surface area contributed by atoms with Gasteiger partial charge >= 0.3 is 0 Å². The van der Waals surface area contributed by atoms with Crippen LogP contribution in [0.25, 0.3) is 0 Å². The molecule has 0 aliphatic carbocycles. The molecular formula is C15H12BrF3N2O. The lowest BCUT2D eigenvalue weighted by molar-refractivity contribution is -0.116. The normalized spacial score (nSPS) is 10.4. The summed E-state index contributed by atoms with van der Waals surface area (Å²) in [5.74, 6) is -4.82. The molecule has 0 fully saturated rings. The Hall–Kier alpha value is -2.02. The smallest absolute Gasteiger partial charge is 0.226 e.